The summed E-state index contributed by atoms with van der Waals surface area (Å²) in [7, 11) is 0. The van der Waals surface area contributed by atoms with E-state index in [9.17, 15) is 4.39 Å². The van der Waals surface area contributed by atoms with Crippen LogP contribution in [0, 0.1) is 5.82 Å². The molecule has 0 aromatic heterocycles. The molecule has 2 aromatic carbocycles. The zero-order valence-corrected chi connectivity index (χ0v) is 13.4. The maximum absolute atomic E-state index is 13.5. The van der Waals surface area contributed by atoms with Crippen LogP contribution < -0.4 is 5.32 Å². The van der Waals surface area contributed by atoms with E-state index in [-0.39, 0.29) is 11.9 Å². The highest BCUT2D eigenvalue weighted by molar-refractivity contribution is 9.10. The first-order valence-electron chi connectivity index (χ1n) is 6.94. The predicted octanol–water partition coefficient (Wildman–Crippen LogP) is 5.71. The van der Waals surface area contributed by atoms with Gasteiger partial charge < -0.3 is 5.32 Å². The van der Waals surface area contributed by atoms with Crippen LogP contribution in [0.25, 0.3) is 0 Å². The predicted molar refractivity (Wildman–Crippen MR) is 86.6 cm³/mol. The number of nitrogens with one attached hydrogen (secondary N) is 1. The molecule has 0 radical (unpaired) electrons. The van der Waals surface area contributed by atoms with E-state index in [0.29, 0.717) is 4.47 Å². The number of hydrogen-bond donors (Lipinski definition) is 1. The monoisotopic (exact) mass is 335 g/mol. The van der Waals surface area contributed by atoms with Gasteiger partial charge in [-0.25, -0.2) is 4.39 Å². The molecule has 0 aliphatic rings. The Morgan fingerprint density at radius 3 is 2.35 bits per heavy atom. The van der Waals surface area contributed by atoms with Gasteiger partial charge in [0, 0.05) is 5.69 Å². The standard InChI is InChI=1S/C17H19BrFN/c1-3-12-5-7-13(8-6-12)17(4-2)20-14-9-10-15(18)16(19)11-14/h5-11,17,20H,3-4H2,1-2H3. The molecule has 0 saturated heterocycles. The Hall–Kier alpha value is -1.35. The number of hydrogen-bond acceptors (Lipinski definition) is 1. The summed E-state index contributed by atoms with van der Waals surface area (Å²) in [5.74, 6) is -0.244. The molecule has 2 aromatic rings. The van der Waals surface area contributed by atoms with E-state index in [2.05, 4.69) is 59.4 Å². The fourth-order valence-corrected chi connectivity index (χ4v) is 2.44. The molecule has 0 aliphatic carbocycles. The van der Waals surface area contributed by atoms with Crippen LogP contribution in [0.3, 0.4) is 0 Å². The second-order valence-electron chi connectivity index (χ2n) is 4.83. The van der Waals surface area contributed by atoms with Crippen LogP contribution in [0.2, 0.25) is 0 Å². The second kappa shape index (κ2) is 6.89. The molecule has 1 nitrogen and oxygen atoms in total. The van der Waals surface area contributed by atoms with Crippen LogP contribution in [-0.2, 0) is 6.42 Å². The van der Waals surface area contributed by atoms with Crippen molar-refractivity contribution in [1.82, 2.24) is 0 Å². The highest BCUT2D eigenvalue weighted by Gasteiger charge is 2.10. The summed E-state index contributed by atoms with van der Waals surface area (Å²) >= 11 is 3.17. The molecule has 0 fully saturated rings. The first kappa shape index (κ1) is 15.0. The van der Waals surface area contributed by atoms with Gasteiger partial charge in [-0.2, -0.15) is 0 Å². The fraction of sp³-hybridized carbons (Fsp3) is 0.294. The third kappa shape index (κ3) is 3.60. The minimum atomic E-state index is -0.244. The lowest BCUT2D eigenvalue weighted by atomic mass is 10.0. The molecule has 0 saturated carbocycles. The number of halogens is 2. The highest BCUT2D eigenvalue weighted by atomic mass is 79.9. The molecule has 20 heavy (non-hydrogen) atoms. The molecule has 0 heterocycles. The Balaban J connectivity index is 2.16. The SMILES string of the molecule is CCc1ccc(C(CC)Nc2ccc(Br)c(F)c2)cc1. The van der Waals surface area contributed by atoms with Gasteiger partial charge in [-0.3, -0.25) is 0 Å². The number of rotatable bonds is 5. The van der Waals surface area contributed by atoms with Crippen molar-refractivity contribution >= 4 is 21.6 Å². The molecule has 0 amide bonds. The Kier molecular flexibility index (Phi) is 5.18. The summed E-state index contributed by atoms with van der Waals surface area (Å²) < 4.78 is 14.0. The summed E-state index contributed by atoms with van der Waals surface area (Å²) in [4.78, 5) is 0. The van der Waals surface area contributed by atoms with Gasteiger partial charge in [0.2, 0.25) is 0 Å². The highest BCUT2D eigenvalue weighted by Crippen LogP contribution is 2.25. The minimum absolute atomic E-state index is 0.196. The number of aryl methyl sites for hydroxylation is 1. The first-order valence-corrected chi connectivity index (χ1v) is 7.73. The molecule has 0 spiro atoms. The number of anilines is 1. The van der Waals surface area contributed by atoms with Gasteiger partial charge >= 0.3 is 0 Å². The zero-order chi connectivity index (χ0) is 14.5. The van der Waals surface area contributed by atoms with Crippen LogP contribution in [0.1, 0.15) is 37.4 Å². The van der Waals surface area contributed by atoms with E-state index in [0.717, 1.165) is 18.5 Å². The van der Waals surface area contributed by atoms with Crippen LogP contribution in [0.4, 0.5) is 10.1 Å². The third-order valence-electron chi connectivity index (χ3n) is 3.46. The quantitative estimate of drug-likeness (QED) is 0.737. The topological polar surface area (TPSA) is 12.0 Å². The molecule has 0 aliphatic heterocycles. The smallest absolute Gasteiger partial charge is 0.139 e. The van der Waals surface area contributed by atoms with Crippen LogP contribution in [0.15, 0.2) is 46.9 Å². The van der Waals surface area contributed by atoms with Crippen LogP contribution in [-0.4, -0.2) is 0 Å². The van der Waals surface area contributed by atoms with E-state index >= 15 is 0 Å². The van der Waals surface area contributed by atoms with E-state index in [1.165, 1.54) is 17.2 Å². The van der Waals surface area contributed by atoms with Crippen molar-refractivity contribution in [2.45, 2.75) is 32.7 Å². The van der Waals surface area contributed by atoms with Gasteiger partial charge in [-0.1, -0.05) is 38.1 Å². The third-order valence-corrected chi connectivity index (χ3v) is 4.10. The maximum Gasteiger partial charge on any atom is 0.139 e. The van der Waals surface area contributed by atoms with E-state index in [4.69, 9.17) is 0 Å². The van der Waals surface area contributed by atoms with Gasteiger partial charge in [-0.05, 0) is 58.1 Å². The van der Waals surface area contributed by atoms with Gasteiger partial charge in [0.15, 0.2) is 0 Å². The second-order valence-corrected chi connectivity index (χ2v) is 5.68. The average Bonchev–Trinajstić information content (AvgIpc) is 2.48. The average molecular weight is 336 g/mol. The van der Waals surface area contributed by atoms with Crippen molar-refractivity contribution in [1.29, 1.82) is 0 Å². The lowest BCUT2D eigenvalue weighted by Gasteiger charge is -2.19. The van der Waals surface area contributed by atoms with Crippen LogP contribution >= 0.6 is 15.9 Å². The Morgan fingerprint density at radius 1 is 1.10 bits per heavy atom. The van der Waals surface area contributed by atoms with Crippen molar-refractivity contribution in [3.8, 4) is 0 Å². The van der Waals surface area contributed by atoms with Crippen molar-refractivity contribution < 1.29 is 4.39 Å². The van der Waals surface area contributed by atoms with Crippen LogP contribution in [0.5, 0.6) is 0 Å². The maximum atomic E-state index is 13.5. The first-order chi connectivity index (χ1) is 9.63. The summed E-state index contributed by atoms with van der Waals surface area (Å²) in [6.45, 7) is 4.27. The molecule has 106 valence electrons. The summed E-state index contributed by atoms with van der Waals surface area (Å²) in [6.07, 6.45) is 1.99. The molecule has 2 rings (SSSR count). The number of benzene rings is 2. The van der Waals surface area contributed by atoms with Crippen molar-refractivity contribution in [3.05, 3.63) is 63.9 Å². The van der Waals surface area contributed by atoms with Gasteiger partial charge in [0.1, 0.15) is 5.82 Å². The molecular formula is C17H19BrFN. The van der Waals surface area contributed by atoms with E-state index in [1.54, 1.807) is 6.07 Å². The van der Waals surface area contributed by atoms with Gasteiger partial charge in [-0.15, -0.1) is 0 Å². The normalized spacial score (nSPS) is 12.2. The van der Waals surface area contributed by atoms with E-state index in [1.807, 2.05) is 6.07 Å². The zero-order valence-electron chi connectivity index (χ0n) is 11.8. The molecule has 1 atom stereocenters. The van der Waals surface area contributed by atoms with E-state index < -0.39 is 0 Å². The molecular weight excluding hydrogens is 317 g/mol. The fourth-order valence-electron chi connectivity index (χ4n) is 2.19. The van der Waals surface area contributed by atoms with Crippen molar-refractivity contribution in [3.63, 3.8) is 0 Å². The van der Waals surface area contributed by atoms with Gasteiger partial charge in [0.05, 0.1) is 10.5 Å². The minimum Gasteiger partial charge on any atom is -0.378 e. The van der Waals surface area contributed by atoms with Crippen molar-refractivity contribution in [2.75, 3.05) is 5.32 Å². The Labute approximate surface area is 128 Å². The Bertz CT molecular complexity index is 566. The lowest BCUT2D eigenvalue weighted by molar-refractivity contribution is 0.620. The molecule has 3 heteroatoms. The molecule has 0 bridgehead atoms. The Morgan fingerprint density at radius 2 is 1.80 bits per heavy atom. The summed E-state index contributed by atoms with van der Waals surface area (Å²) in [5.41, 5.74) is 3.36. The molecule has 1 unspecified atom stereocenters. The lowest BCUT2D eigenvalue weighted by Crippen LogP contribution is -2.09. The summed E-state index contributed by atoms with van der Waals surface area (Å²) in [6, 6.07) is 13.9. The summed E-state index contributed by atoms with van der Waals surface area (Å²) in [5, 5.41) is 3.39. The van der Waals surface area contributed by atoms with Gasteiger partial charge in [0.25, 0.3) is 0 Å². The van der Waals surface area contributed by atoms with Crippen molar-refractivity contribution in [2.24, 2.45) is 0 Å². The molecule has 1 N–H and O–H groups in total. The largest absolute Gasteiger partial charge is 0.378 e.